The van der Waals surface area contributed by atoms with Crippen LogP contribution in [0.2, 0.25) is 0 Å². The number of rotatable bonds is 3. The van der Waals surface area contributed by atoms with Gasteiger partial charge in [0.15, 0.2) is 4.84 Å². The smallest absolute Gasteiger partial charge is 0.435 e. The molecule has 8 heteroatoms. The predicted octanol–water partition coefficient (Wildman–Crippen LogP) is 2.21. The molecule has 1 unspecified atom stereocenters. The van der Waals surface area contributed by atoms with E-state index in [-0.39, 0.29) is 6.61 Å². The number of nitrogens with zero attached hydrogens (tertiary/aromatic N) is 1. The highest BCUT2D eigenvalue weighted by Crippen LogP contribution is 2.37. The molecule has 1 amide bonds. The molecule has 1 aliphatic heterocycles. The highest BCUT2D eigenvalue weighted by molar-refractivity contribution is 8.00. The largest absolute Gasteiger partial charge is 0.511 e. The van der Waals surface area contributed by atoms with Crippen molar-refractivity contribution >= 4 is 47.0 Å². The standard InChI is InChI=1S/C9H13Cl2NO4S/c1-3-15-8(14)16-9(2)12(4-5-17-9)7(13)6(10)11/h6H,3-5H2,1-2H3. The van der Waals surface area contributed by atoms with Gasteiger partial charge < -0.3 is 9.47 Å². The summed E-state index contributed by atoms with van der Waals surface area (Å²) >= 11 is 12.4. The Hall–Kier alpha value is -0.330. The van der Waals surface area contributed by atoms with E-state index in [9.17, 15) is 9.59 Å². The fourth-order valence-electron chi connectivity index (χ4n) is 1.42. The SMILES string of the molecule is CCOC(=O)OC1(C)SCCN1C(=O)C(Cl)Cl. The Labute approximate surface area is 114 Å². The van der Waals surface area contributed by atoms with Crippen LogP contribution in [0.4, 0.5) is 4.79 Å². The van der Waals surface area contributed by atoms with Gasteiger partial charge in [-0.2, -0.15) is 0 Å². The molecule has 1 atom stereocenters. The molecule has 0 aromatic heterocycles. The lowest BCUT2D eigenvalue weighted by Crippen LogP contribution is -2.48. The van der Waals surface area contributed by atoms with Gasteiger partial charge in [-0.25, -0.2) is 4.79 Å². The first-order chi connectivity index (χ1) is 7.90. The van der Waals surface area contributed by atoms with Crippen LogP contribution in [0.5, 0.6) is 0 Å². The predicted molar refractivity (Wildman–Crippen MR) is 66.2 cm³/mol. The third kappa shape index (κ3) is 3.56. The van der Waals surface area contributed by atoms with E-state index in [0.29, 0.717) is 12.3 Å². The first-order valence-corrected chi connectivity index (χ1v) is 6.86. The van der Waals surface area contributed by atoms with Crippen LogP contribution in [0, 0.1) is 0 Å². The summed E-state index contributed by atoms with van der Waals surface area (Å²) in [4.78, 5) is 23.2. The topological polar surface area (TPSA) is 55.8 Å². The van der Waals surface area contributed by atoms with Gasteiger partial charge in [0.25, 0.3) is 5.91 Å². The van der Waals surface area contributed by atoms with Gasteiger partial charge in [0, 0.05) is 19.2 Å². The number of halogens is 2. The Morgan fingerprint density at radius 3 is 2.71 bits per heavy atom. The lowest BCUT2D eigenvalue weighted by Gasteiger charge is -2.32. The van der Waals surface area contributed by atoms with Gasteiger partial charge in [0.05, 0.1) is 6.61 Å². The van der Waals surface area contributed by atoms with Gasteiger partial charge in [-0.05, 0) is 6.92 Å². The zero-order valence-electron chi connectivity index (χ0n) is 9.44. The molecule has 1 rings (SSSR count). The van der Waals surface area contributed by atoms with E-state index in [4.69, 9.17) is 27.9 Å². The minimum atomic E-state index is -1.17. The lowest BCUT2D eigenvalue weighted by molar-refractivity contribution is -0.141. The average Bonchev–Trinajstić information content (AvgIpc) is 2.58. The molecule has 0 radical (unpaired) electrons. The second kappa shape index (κ2) is 6.02. The molecule has 1 heterocycles. The van der Waals surface area contributed by atoms with Crippen LogP contribution in [0.3, 0.4) is 0 Å². The van der Waals surface area contributed by atoms with Gasteiger partial charge in [-0.3, -0.25) is 9.69 Å². The summed E-state index contributed by atoms with van der Waals surface area (Å²) in [5, 5.41) is -1.11. The van der Waals surface area contributed by atoms with Crippen molar-refractivity contribution in [2.45, 2.75) is 23.7 Å². The fourth-order valence-corrected chi connectivity index (χ4v) is 2.77. The van der Waals surface area contributed by atoms with Gasteiger partial charge >= 0.3 is 6.16 Å². The van der Waals surface area contributed by atoms with E-state index in [2.05, 4.69) is 4.74 Å². The van der Waals surface area contributed by atoms with Gasteiger partial charge in [-0.1, -0.05) is 35.0 Å². The van der Waals surface area contributed by atoms with E-state index in [1.165, 1.54) is 16.7 Å². The molecule has 0 aromatic carbocycles. The molecule has 0 N–H and O–H groups in total. The van der Waals surface area contributed by atoms with Crippen LogP contribution in [0.25, 0.3) is 0 Å². The van der Waals surface area contributed by atoms with Crippen molar-refractivity contribution in [2.75, 3.05) is 18.9 Å². The summed E-state index contributed by atoms with van der Waals surface area (Å²) in [7, 11) is 0. The molecule has 17 heavy (non-hydrogen) atoms. The maximum atomic E-state index is 11.7. The number of carbonyl (C=O) groups is 2. The minimum Gasteiger partial charge on any atom is -0.435 e. The molecule has 0 spiro atoms. The van der Waals surface area contributed by atoms with Gasteiger partial charge in [0.1, 0.15) is 0 Å². The Morgan fingerprint density at radius 2 is 2.18 bits per heavy atom. The lowest BCUT2D eigenvalue weighted by atomic mass is 10.4. The molecule has 1 saturated heterocycles. The second-order valence-corrected chi connectivity index (χ2v) is 5.87. The van der Waals surface area contributed by atoms with E-state index in [1.807, 2.05) is 0 Å². The van der Waals surface area contributed by atoms with Gasteiger partial charge in [-0.15, -0.1) is 0 Å². The van der Waals surface area contributed by atoms with E-state index in [1.54, 1.807) is 13.8 Å². The average molecular weight is 302 g/mol. The molecule has 0 bridgehead atoms. The summed E-state index contributed by atoms with van der Waals surface area (Å²) in [5.74, 6) is 0.160. The maximum absolute atomic E-state index is 11.7. The van der Waals surface area contributed by atoms with Crippen LogP contribution < -0.4 is 0 Å². The van der Waals surface area contributed by atoms with Crippen LogP contribution in [0.1, 0.15) is 13.8 Å². The Balaban J connectivity index is 2.72. The van der Waals surface area contributed by atoms with Crippen molar-refractivity contribution < 1.29 is 19.1 Å². The van der Waals surface area contributed by atoms with Crippen molar-refractivity contribution in [3.05, 3.63) is 0 Å². The monoisotopic (exact) mass is 301 g/mol. The zero-order valence-corrected chi connectivity index (χ0v) is 11.8. The molecule has 0 aliphatic carbocycles. The molecular formula is C9H13Cl2NO4S. The first kappa shape index (κ1) is 14.7. The minimum absolute atomic E-state index is 0.209. The van der Waals surface area contributed by atoms with Crippen LogP contribution in [-0.2, 0) is 14.3 Å². The Kier molecular flexibility index (Phi) is 5.22. The van der Waals surface area contributed by atoms with Crippen molar-refractivity contribution in [1.29, 1.82) is 0 Å². The highest BCUT2D eigenvalue weighted by Gasteiger charge is 2.45. The van der Waals surface area contributed by atoms with Gasteiger partial charge in [0.2, 0.25) is 5.06 Å². The number of alkyl halides is 2. The third-order valence-electron chi connectivity index (χ3n) is 2.16. The van der Waals surface area contributed by atoms with E-state index in [0.717, 1.165) is 0 Å². The first-order valence-electron chi connectivity index (χ1n) is 5.00. The number of hydrogen-bond donors (Lipinski definition) is 0. The second-order valence-electron chi connectivity index (χ2n) is 3.32. The summed E-state index contributed by atoms with van der Waals surface area (Å²) in [6, 6.07) is 0. The maximum Gasteiger partial charge on any atom is 0.511 e. The number of thioether (sulfide) groups is 1. The van der Waals surface area contributed by atoms with Crippen molar-refractivity contribution in [3.63, 3.8) is 0 Å². The Bertz CT molecular complexity index is 315. The number of hydrogen-bond acceptors (Lipinski definition) is 5. The quantitative estimate of drug-likeness (QED) is 0.591. The Morgan fingerprint density at radius 1 is 1.53 bits per heavy atom. The molecule has 0 saturated carbocycles. The zero-order chi connectivity index (χ0) is 13.1. The molecule has 0 aromatic rings. The van der Waals surface area contributed by atoms with Crippen molar-refractivity contribution in [1.82, 2.24) is 4.90 Å². The van der Waals surface area contributed by atoms with E-state index < -0.39 is 22.0 Å². The fraction of sp³-hybridized carbons (Fsp3) is 0.778. The summed E-state index contributed by atoms with van der Waals surface area (Å²) in [6.45, 7) is 3.91. The number of ether oxygens (including phenoxy) is 2. The molecule has 98 valence electrons. The highest BCUT2D eigenvalue weighted by atomic mass is 35.5. The molecule has 1 aliphatic rings. The van der Waals surface area contributed by atoms with Crippen molar-refractivity contribution in [2.24, 2.45) is 0 Å². The summed E-state index contributed by atoms with van der Waals surface area (Å²) < 4.78 is 9.79. The summed E-state index contributed by atoms with van der Waals surface area (Å²) in [6.07, 6.45) is -0.817. The number of amides is 1. The normalized spacial score (nSPS) is 23.9. The molecule has 5 nitrogen and oxygen atoms in total. The van der Waals surface area contributed by atoms with Crippen LogP contribution >= 0.6 is 35.0 Å². The molecular weight excluding hydrogens is 289 g/mol. The summed E-state index contributed by atoms with van der Waals surface area (Å²) in [5.41, 5.74) is 0. The van der Waals surface area contributed by atoms with Crippen LogP contribution in [-0.4, -0.2) is 45.8 Å². The van der Waals surface area contributed by atoms with Crippen molar-refractivity contribution in [3.8, 4) is 0 Å². The van der Waals surface area contributed by atoms with E-state index >= 15 is 0 Å². The third-order valence-corrected chi connectivity index (χ3v) is 3.76. The molecule has 1 fully saturated rings. The number of carbonyl (C=O) groups excluding carboxylic acids is 2. The van der Waals surface area contributed by atoms with Crippen LogP contribution in [0.15, 0.2) is 0 Å².